The molecule has 9 atom stereocenters. The van der Waals surface area contributed by atoms with E-state index in [9.17, 15) is 9.90 Å². The Hall–Kier alpha value is -0.410. The van der Waals surface area contributed by atoms with Crippen molar-refractivity contribution >= 4 is 5.78 Å². The van der Waals surface area contributed by atoms with Gasteiger partial charge in [-0.05, 0) is 118 Å². The average molecular weight is 459 g/mol. The lowest BCUT2D eigenvalue weighted by atomic mass is 9.35. The van der Waals surface area contributed by atoms with Crippen LogP contribution in [0.25, 0.3) is 0 Å². The third-order valence-corrected chi connectivity index (χ3v) is 13.1. The Morgan fingerprint density at radius 3 is 2.06 bits per heavy atom. The van der Waals surface area contributed by atoms with E-state index in [0.717, 1.165) is 31.6 Å². The maximum atomic E-state index is 12.9. The molecule has 0 bridgehead atoms. The molecule has 4 saturated carbocycles. The van der Waals surface area contributed by atoms with Crippen LogP contribution in [-0.2, 0) is 9.53 Å². The molecule has 0 spiro atoms. The number of rotatable bonds is 1. The first-order valence-electron chi connectivity index (χ1n) is 14.0. The largest absolute Gasteiger partial charge is 0.390 e. The van der Waals surface area contributed by atoms with Crippen LogP contribution < -0.4 is 0 Å². The summed E-state index contributed by atoms with van der Waals surface area (Å²) in [6, 6.07) is 0. The van der Waals surface area contributed by atoms with Crippen LogP contribution in [-0.4, -0.2) is 28.2 Å². The summed E-state index contributed by atoms with van der Waals surface area (Å²) in [4.78, 5) is 12.9. The fourth-order valence-electron chi connectivity index (χ4n) is 11.0. The van der Waals surface area contributed by atoms with E-state index in [1.54, 1.807) is 0 Å². The summed E-state index contributed by atoms with van der Waals surface area (Å²) in [6.07, 6.45) is 11.0. The number of carbonyl (C=O) groups excluding carboxylic acids is 1. The molecule has 1 unspecified atom stereocenters. The first kappa shape index (κ1) is 24.3. The van der Waals surface area contributed by atoms with Gasteiger partial charge in [-0.2, -0.15) is 0 Å². The molecule has 1 aliphatic heterocycles. The minimum atomic E-state index is -0.459. The van der Waals surface area contributed by atoms with E-state index in [0.29, 0.717) is 34.4 Å². The van der Waals surface area contributed by atoms with Gasteiger partial charge in [0.2, 0.25) is 0 Å². The van der Waals surface area contributed by atoms with Crippen LogP contribution in [0, 0.1) is 45.3 Å². The summed E-state index contributed by atoms with van der Waals surface area (Å²) in [6.45, 7) is 18.9. The molecule has 1 N–H and O–H groups in total. The van der Waals surface area contributed by atoms with E-state index in [2.05, 4.69) is 55.4 Å². The van der Waals surface area contributed by atoms with E-state index >= 15 is 0 Å². The molecule has 5 rings (SSSR count). The minimum Gasteiger partial charge on any atom is -0.390 e. The Morgan fingerprint density at radius 2 is 1.39 bits per heavy atom. The SMILES string of the molecule is CC1(C)O[C@](C)([C@H]2CC[C@]3(C)[C@@H]2CC[C@@H]2[C@@]4(C)CCC(=O)C(C)(C)[C@@H]4CC[C@]23C)CCC1O. The minimum absolute atomic E-state index is 0.130. The summed E-state index contributed by atoms with van der Waals surface area (Å²) in [5, 5.41) is 10.5. The van der Waals surface area contributed by atoms with Gasteiger partial charge in [-0.3, -0.25) is 4.79 Å². The molecule has 0 radical (unpaired) electrons. The predicted octanol–water partition coefficient (Wildman–Crippen LogP) is 6.95. The number of ether oxygens (including phenoxy) is 1. The van der Waals surface area contributed by atoms with Crippen LogP contribution in [0.1, 0.15) is 120 Å². The molecule has 3 nitrogen and oxygen atoms in total. The van der Waals surface area contributed by atoms with Gasteiger partial charge in [0.15, 0.2) is 0 Å². The topological polar surface area (TPSA) is 46.5 Å². The standard InChI is InChI=1S/C30H50O3/c1-25(2)21-12-17-29(7)22(27(21,5)15-13-23(25)31)10-9-19-20(11-16-28(19,29)6)30(8)18-14-24(32)26(3,4)33-30/h19-22,24,32H,9-18H2,1-8H3/t19-,20+,21+,22-,24?,27+,28-,29-,30+/m1/s1. The van der Waals surface area contributed by atoms with Gasteiger partial charge < -0.3 is 9.84 Å². The van der Waals surface area contributed by atoms with Crippen LogP contribution in [0.15, 0.2) is 0 Å². The van der Waals surface area contributed by atoms with Crippen molar-refractivity contribution < 1.29 is 14.6 Å². The number of aliphatic hydroxyl groups excluding tert-OH is 1. The Labute approximate surface area is 202 Å². The molecule has 0 aromatic rings. The van der Waals surface area contributed by atoms with Crippen LogP contribution in [0.3, 0.4) is 0 Å². The highest BCUT2D eigenvalue weighted by molar-refractivity contribution is 5.85. The molecule has 5 aliphatic rings. The van der Waals surface area contributed by atoms with Gasteiger partial charge in [-0.15, -0.1) is 0 Å². The quantitative estimate of drug-likeness (QED) is 0.462. The molecule has 0 amide bonds. The number of aliphatic hydroxyl groups is 1. The van der Waals surface area contributed by atoms with Crippen LogP contribution in [0.2, 0.25) is 0 Å². The molecular weight excluding hydrogens is 408 g/mol. The Kier molecular flexibility index (Phi) is 5.22. The fourth-order valence-corrected chi connectivity index (χ4v) is 11.0. The second kappa shape index (κ2) is 7.09. The first-order chi connectivity index (χ1) is 15.1. The fraction of sp³-hybridized carbons (Fsp3) is 0.967. The number of carbonyl (C=O) groups is 1. The number of Topliss-reactive ketones (excluding diaryl/α,β-unsaturated/α-hetero) is 1. The van der Waals surface area contributed by atoms with Gasteiger partial charge in [0.1, 0.15) is 5.78 Å². The molecule has 0 aromatic carbocycles. The molecule has 0 aromatic heterocycles. The molecular formula is C30H50O3. The van der Waals surface area contributed by atoms with Crippen LogP contribution >= 0.6 is 0 Å². The van der Waals surface area contributed by atoms with E-state index in [4.69, 9.17) is 4.74 Å². The van der Waals surface area contributed by atoms with Crippen molar-refractivity contribution in [1.29, 1.82) is 0 Å². The highest BCUT2D eigenvalue weighted by Gasteiger charge is 2.70. The highest BCUT2D eigenvalue weighted by Crippen LogP contribution is 2.75. The number of hydrogen-bond donors (Lipinski definition) is 1. The van der Waals surface area contributed by atoms with Gasteiger partial charge in [0.25, 0.3) is 0 Å². The van der Waals surface area contributed by atoms with Gasteiger partial charge in [-0.25, -0.2) is 0 Å². The third-order valence-electron chi connectivity index (χ3n) is 13.1. The lowest BCUT2D eigenvalue weighted by molar-refractivity contribution is -0.249. The zero-order valence-electron chi connectivity index (χ0n) is 22.7. The number of ketones is 1. The predicted molar refractivity (Wildman–Crippen MR) is 133 cm³/mol. The second-order valence-electron chi connectivity index (χ2n) is 15.0. The first-order valence-corrected chi connectivity index (χ1v) is 14.0. The Balaban J connectivity index is 1.47. The van der Waals surface area contributed by atoms with Crippen molar-refractivity contribution in [3.8, 4) is 0 Å². The van der Waals surface area contributed by atoms with Crippen molar-refractivity contribution in [3.63, 3.8) is 0 Å². The van der Waals surface area contributed by atoms with E-state index in [1.807, 2.05) is 0 Å². The van der Waals surface area contributed by atoms with Gasteiger partial charge in [0.05, 0.1) is 17.3 Å². The zero-order chi connectivity index (χ0) is 24.2. The maximum absolute atomic E-state index is 12.9. The van der Waals surface area contributed by atoms with Gasteiger partial charge in [-0.1, -0.05) is 34.6 Å². The van der Waals surface area contributed by atoms with Crippen molar-refractivity contribution in [2.75, 3.05) is 0 Å². The van der Waals surface area contributed by atoms with Crippen molar-refractivity contribution in [3.05, 3.63) is 0 Å². The summed E-state index contributed by atoms with van der Waals surface area (Å²) in [5.41, 5.74) is 0.209. The molecule has 5 fully saturated rings. The Morgan fingerprint density at radius 1 is 0.727 bits per heavy atom. The zero-order valence-corrected chi connectivity index (χ0v) is 22.7. The summed E-state index contributed by atoms with van der Waals surface area (Å²) >= 11 is 0. The van der Waals surface area contributed by atoms with Crippen LogP contribution in [0.4, 0.5) is 0 Å². The van der Waals surface area contributed by atoms with E-state index in [1.165, 1.54) is 38.5 Å². The molecule has 3 heteroatoms. The number of fused-ring (bicyclic) bond motifs is 5. The average Bonchev–Trinajstić information content (AvgIpc) is 3.07. The third kappa shape index (κ3) is 3.03. The van der Waals surface area contributed by atoms with E-state index in [-0.39, 0.29) is 22.5 Å². The molecule has 4 aliphatic carbocycles. The lowest BCUT2D eigenvalue weighted by Crippen LogP contribution is -2.64. The smallest absolute Gasteiger partial charge is 0.138 e. The van der Waals surface area contributed by atoms with Crippen molar-refractivity contribution in [2.24, 2.45) is 45.3 Å². The summed E-state index contributed by atoms with van der Waals surface area (Å²) in [5.74, 6) is 3.04. The lowest BCUT2D eigenvalue weighted by Gasteiger charge is -2.69. The molecule has 1 saturated heterocycles. The summed E-state index contributed by atoms with van der Waals surface area (Å²) < 4.78 is 6.78. The van der Waals surface area contributed by atoms with Crippen molar-refractivity contribution in [1.82, 2.24) is 0 Å². The summed E-state index contributed by atoms with van der Waals surface area (Å²) in [7, 11) is 0. The van der Waals surface area contributed by atoms with E-state index < -0.39 is 5.60 Å². The second-order valence-corrected chi connectivity index (χ2v) is 15.0. The molecule has 33 heavy (non-hydrogen) atoms. The van der Waals surface area contributed by atoms with Crippen molar-refractivity contribution in [2.45, 2.75) is 137 Å². The van der Waals surface area contributed by atoms with Gasteiger partial charge >= 0.3 is 0 Å². The Bertz CT molecular complexity index is 830. The normalized spacial score (nSPS) is 55.4. The van der Waals surface area contributed by atoms with Gasteiger partial charge in [0, 0.05) is 11.8 Å². The molecule has 1 heterocycles. The molecule has 188 valence electrons. The number of hydrogen-bond acceptors (Lipinski definition) is 3. The van der Waals surface area contributed by atoms with Crippen LogP contribution in [0.5, 0.6) is 0 Å². The monoisotopic (exact) mass is 458 g/mol. The maximum Gasteiger partial charge on any atom is 0.138 e. The highest BCUT2D eigenvalue weighted by atomic mass is 16.5.